The van der Waals surface area contributed by atoms with Gasteiger partial charge in [-0.1, -0.05) is 20.8 Å². The summed E-state index contributed by atoms with van der Waals surface area (Å²) in [6.45, 7) is 10.1. The fourth-order valence-electron chi connectivity index (χ4n) is 2.94. The molecule has 2 atom stereocenters. The molecule has 0 radical (unpaired) electrons. The van der Waals surface area contributed by atoms with Gasteiger partial charge in [0.15, 0.2) is 0 Å². The standard InChI is InChI=1S/C20H24ClN5O2/c1-11(14-9-22-18(21)23-10-14)24-17(27)13-6-7-15-16(8-13)26(19(28)25-15)12(2)20(3,4)5/h6-12H,1-5H3,(H,24,27)(H,25,28)/t11-,12+/m0/s1. The van der Waals surface area contributed by atoms with E-state index in [4.69, 9.17) is 11.6 Å². The molecule has 28 heavy (non-hydrogen) atoms. The van der Waals surface area contributed by atoms with Crippen molar-refractivity contribution in [2.24, 2.45) is 5.41 Å². The summed E-state index contributed by atoms with van der Waals surface area (Å²) in [5.74, 6) is -0.243. The van der Waals surface area contributed by atoms with Crippen LogP contribution in [0.25, 0.3) is 11.0 Å². The molecule has 3 aromatic rings. The lowest BCUT2D eigenvalue weighted by Crippen LogP contribution is -2.29. The van der Waals surface area contributed by atoms with Gasteiger partial charge in [-0.05, 0) is 49.1 Å². The molecule has 1 amide bonds. The van der Waals surface area contributed by atoms with Gasteiger partial charge in [0.25, 0.3) is 5.91 Å². The number of rotatable bonds is 4. The number of hydrogen-bond donors (Lipinski definition) is 2. The molecule has 148 valence electrons. The van der Waals surface area contributed by atoms with E-state index in [1.54, 1.807) is 35.2 Å². The summed E-state index contributed by atoms with van der Waals surface area (Å²) in [4.78, 5) is 36.0. The van der Waals surface area contributed by atoms with Gasteiger partial charge < -0.3 is 10.3 Å². The van der Waals surface area contributed by atoms with Gasteiger partial charge in [0, 0.05) is 29.6 Å². The van der Waals surface area contributed by atoms with Crippen molar-refractivity contribution >= 4 is 28.5 Å². The van der Waals surface area contributed by atoms with Crippen molar-refractivity contribution in [1.82, 2.24) is 24.8 Å². The predicted molar refractivity (Wildman–Crippen MR) is 110 cm³/mol. The molecule has 0 unspecified atom stereocenters. The molecule has 7 nitrogen and oxygen atoms in total. The zero-order valence-electron chi connectivity index (χ0n) is 16.6. The summed E-state index contributed by atoms with van der Waals surface area (Å²) < 4.78 is 1.71. The van der Waals surface area contributed by atoms with Gasteiger partial charge in [-0.25, -0.2) is 14.8 Å². The number of aromatic nitrogens is 4. The van der Waals surface area contributed by atoms with Gasteiger partial charge in [-0.2, -0.15) is 0 Å². The third kappa shape index (κ3) is 3.94. The van der Waals surface area contributed by atoms with Crippen LogP contribution >= 0.6 is 11.6 Å². The Hall–Kier alpha value is -2.67. The molecule has 0 saturated carbocycles. The number of nitrogens with zero attached hydrogens (tertiary/aromatic N) is 3. The minimum Gasteiger partial charge on any atom is -0.345 e. The van der Waals surface area contributed by atoms with Crippen LogP contribution in [0.2, 0.25) is 5.28 Å². The highest BCUT2D eigenvalue weighted by molar-refractivity contribution is 6.28. The minimum absolute atomic E-state index is 0.0443. The van der Waals surface area contributed by atoms with Crippen LogP contribution in [0.3, 0.4) is 0 Å². The van der Waals surface area contributed by atoms with E-state index >= 15 is 0 Å². The number of fused-ring (bicyclic) bond motifs is 1. The highest BCUT2D eigenvalue weighted by atomic mass is 35.5. The molecule has 0 fully saturated rings. The third-order valence-corrected chi connectivity index (χ3v) is 5.30. The van der Waals surface area contributed by atoms with Crippen LogP contribution in [0.4, 0.5) is 0 Å². The van der Waals surface area contributed by atoms with Crippen LogP contribution in [-0.4, -0.2) is 25.4 Å². The van der Waals surface area contributed by atoms with Gasteiger partial charge in [0.2, 0.25) is 5.28 Å². The fraction of sp³-hybridized carbons (Fsp3) is 0.400. The Morgan fingerprint density at radius 3 is 2.46 bits per heavy atom. The minimum atomic E-state index is -0.289. The molecule has 0 bridgehead atoms. The number of carbonyl (C=O) groups excluding carboxylic acids is 1. The summed E-state index contributed by atoms with van der Waals surface area (Å²) in [6, 6.07) is 4.87. The number of nitrogens with one attached hydrogen (secondary N) is 2. The number of halogens is 1. The first-order valence-electron chi connectivity index (χ1n) is 9.10. The van der Waals surface area contributed by atoms with E-state index in [1.807, 2.05) is 13.8 Å². The first kappa shape index (κ1) is 20.1. The maximum absolute atomic E-state index is 12.7. The van der Waals surface area contributed by atoms with E-state index in [0.29, 0.717) is 16.6 Å². The molecule has 0 aliphatic heterocycles. The fourth-order valence-corrected chi connectivity index (χ4v) is 3.04. The monoisotopic (exact) mass is 401 g/mol. The molecule has 0 spiro atoms. The van der Waals surface area contributed by atoms with Gasteiger partial charge >= 0.3 is 5.69 Å². The van der Waals surface area contributed by atoms with E-state index in [0.717, 1.165) is 5.56 Å². The second kappa shape index (κ2) is 7.39. The molecule has 0 aliphatic carbocycles. The number of imidazole rings is 1. The number of benzene rings is 1. The second-order valence-corrected chi connectivity index (χ2v) is 8.39. The third-order valence-electron chi connectivity index (χ3n) is 5.11. The zero-order chi connectivity index (χ0) is 20.6. The van der Waals surface area contributed by atoms with Crippen molar-refractivity contribution in [2.75, 3.05) is 0 Å². The van der Waals surface area contributed by atoms with E-state index in [2.05, 4.69) is 41.0 Å². The molecular weight excluding hydrogens is 378 g/mol. The SMILES string of the molecule is C[C@H](NC(=O)c1ccc2[nH]c(=O)n([C@H](C)C(C)(C)C)c2c1)c1cnc(Cl)nc1. The van der Waals surface area contributed by atoms with Gasteiger partial charge in [0.05, 0.1) is 17.1 Å². The normalized spacial score (nSPS) is 14.1. The highest BCUT2D eigenvalue weighted by Gasteiger charge is 2.25. The Labute approximate surface area is 168 Å². The molecule has 2 N–H and O–H groups in total. The molecule has 8 heteroatoms. The first-order chi connectivity index (χ1) is 13.1. The van der Waals surface area contributed by atoms with Gasteiger partial charge in [-0.3, -0.25) is 9.36 Å². The smallest absolute Gasteiger partial charge is 0.326 e. The molecule has 3 rings (SSSR count). The molecule has 0 saturated heterocycles. The van der Waals surface area contributed by atoms with Crippen LogP contribution < -0.4 is 11.0 Å². The van der Waals surface area contributed by atoms with Crippen LogP contribution in [0.5, 0.6) is 0 Å². The number of hydrogen-bond acceptors (Lipinski definition) is 4. The van der Waals surface area contributed by atoms with Crippen molar-refractivity contribution in [1.29, 1.82) is 0 Å². The van der Waals surface area contributed by atoms with Crippen LogP contribution in [0.1, 0.15) is 62.6 Å². The largest absolute Gasteiger partial charge is 0.345 e. The summed E-state index contributed by atoms with van der Waals surface area (Å²) in [5.41, 5.74) is 2.35. The topological polar surface area (TPSA) is 92.7 Å². The van der Waals surface area contributed by atoms with Gasteiger partial charge in [0.1, 0.15) is 0 Å². The Morgan fingerprint density at radius 2 is 1.86 bits per heavy atom. The average molecular weight is 402 g/mol. The number of carbonyl (C=O) groups is 1. The van der Waals surface area contributed by atoms with Crippen molar-refractivity contribution in [3.8, 4) is 0 Å². The molecule has 2 heterocycles. The molecular formula is C20H24ClN5O2. The van der Waals surface area contributed by atoms with Gasteiger partial charge in [-0.15, -0.1) is 0 Å². The summed E-state index contributed by atoms with van der Waals surface area (Å²) in [7, 11) is 0. The molecule has 2 aromatic heterocycles. The Bertz CT molecular complexity index is 1060. The van der Waals surface area contributed by atoms with E-state index in [-0.39, 0.29) is 34.4 Å². The van der Waals surface area contributed by atoms with Crippen molar-refractivity contribution in [3.05, 3.63) is 57.5 Å². The molecule has 0 aliphatic rings. The summed E-state index contributed by atoms with van der Waals surface area (Å²) in [5, 5.41) is 3.08. The Balaban J connectivity index is 1.92. The van der Waals surface area contributed by atoms with Crippen LogP contribution in [-0.2, 0) is 0 Å². The van der Waals surface area contributed by atoms with Crippen LogP contribution in [0.15, 0.2) is 35.4 Å². The van der Waals surface area contributed by atoms with Crippen molar-refractivity contribution < 1.29 is 4.79 Å². The Morgan fingerprint density at radius 1 is 1.21 bits per heavy atom. The Kier molecular flexibility index (Phi) is 5.30. The zero-order valence-corrected chi connectivity index (χ0v) is 17.3. The highest BCUT2D eigenvalue weighted by Crippen LogP contribution is 2.31. The molecule has 1 aromatic carbocycles. The van der Waals surface area contributed by atoms with Crippen LogP contribution in [0, 0.1) is 5.41 Å². The second-order valence-electron chi connectivity index (χ2n) is 8.05. The predicted octanol–water partition coefficient (Wildman–Crippen LogP) is 3.87. The summed E-state index contributed by atoms with van der Waals surface area (Å²) >= 11 is 5.71. The average Bonchev–Trinajstić information content (AvgIpc) is 2.95. The first-order valence-corrected chi connectivity index (χ1v) is 9.48. The number of aromatic amines is 1. The van der Waals surface area contributed by atoms with E-state index in [1.165, 1.54) is 0 Å². The quantitative estimate of drug-likeness (QED) is 0.649. The summed E-state index contributed by atoms with van der Waals surface area (Å²) in [6.07, 6.45) is 3.16. The maximum atomic E-state index is 12.7. The van der Waals surface area contributed by atoms with E-state index in [9.17, 15) is 9.59 Å². The van der Waals surface area contributed by atoms with Crippen molar-refractivity contribution in [2.45, 2.75) is 46.7 Å². The van der Waals surface area contributed by atoms with E-state index < -0.39 is 0 Å². The lowest BCUT2D eigenvalue weighted by Gasteiger charge is -2.28. The maximum Gasteiger partial charge on any atom is 0.326 e. The lowest BCUT2D eigenvalue weighted by molar-refractivity contribution is 0.0940. The number of H-pyrrole nitrogens is 1. The lowest BCUT2D eigenvalue weighted by atomic mass is 9.88. The number of amides is 1. The van der Waals surface area contributed by atoms with Crippen molar-refractivity contribution in [3.63, 3.8) is 0 Å².